The molecule has 0 aliphatic carbocycles. The van der Waals surface area contributed by atoms with Crippen LogP contribution in [0.4, 0.5) is 5.69 Å². The van der Waals surface area contributed by atoms with Gasteiger partial charge in [-0.2, -0.15) is 5.26 Å². The van der Waals surface area contributed by atoms with E-state index in [1.54, 1.807) is 54.6 Å². The number of benzene rings is 3. The lowest BCUT2D eigenvalue weighted by atomic mass is 9.96. The van der Waals surface area contributed by atoms with E-state index >= 15 is 0 Å². The number of nitro groups is 1. The molecule has 7 heteroatoms. The van der Waals surface area contributed by atoms with Gasteiger partial charge in [0.15, 0.2) is 0 Å². The first kappa shape index (κ1) is 19.7. The van der Waals surface area contributed by atoms with Crippen LogP contribution in [0.5, 0.6) is 0 Å². The molecule has 0 spiro atoms. The van der Waals surface area contributed by atoms with Crippen LogP contribution in [0.15, 0.2) is 72.8 Å². The Kier molecular flexibility index (Phi) is 5.97. The quantitative estimate of drug-likeness (QED) is 0.467. The molecule has 0 heterocycles. The zero-order valence-electron chi connectivity index (χ0n) is 15.3. The highest BCUT2D eigenvalue weighted by Crippen LogP contribution is 2.30. The summed E-state index contributed by atoms with van der Waals surface area (Å²) in [5.74, 6) is -1.00. The number of nitriles is 1. The summed E-state index contributed by atoms with van der Waals surface area (Å²) in [4.78, 5) is 22.1. The standard InChI is InChI=1S/C22H17N3O4/c23-13-15-5-9-17(10-6-15)21(19-3-1-2-4-20(19)25(28)29)24-14-16-7-11-18(12-8-16)22(26)27/h1-12,21,24H,14H2,(H,26,27). The summed E-state index contributed by atoms with van der Waals surface area (Å²) in [6.07, 6.45) is 0. The molecular weight excluding hydrogens is 370 g/mol. The maximum atomic E-state index is 11.5. The molecule has 7 nitrogen and oxygen atoms in total. The van der Waals surface area contributed by atoms with Crippen LogP contribution in [0.25, 0.3) is 0 Å². The predicted molar refractivity (Wildman–Crippen MR) is 106 cm³/mol. The second-order valence-corrected chi connectivity index (χ2v) is 6.37. The van der Waals surface area contributed by atoms with Gasteiger partial charge in [-0.05, 0) is 35.4 Å². The number of aromatic carboxylic acids is 1. The molecule has 0 aromatic heterocycles. The van der Waals surface area contributed by atoms with Crippen LogP contribution in [-0.2, 0) is 6.54 Å². The summed E-state index contributed by atoms with van der Waals surface area (Å²) in [6.45, 7) is 0.372. The summed E-state index contributed by atoms with van der Waals surface area (Å²) in [6, 6.07) is 21.4. The fraction of sp³-hybridized carbons (Fsp3) is 0.0909. The number of carboxylic acid groups (broad SMARTS) is 1. The summed E-state index contributed by atoms with van der Waals surface area (Å²) < 4.78 is 0. The Morgan fingerprint density at radius 3 is 2.31 bits per heavy atom. The largest absolute Gasteiger partial charge is 0.478 e. The Morgan fingerprint density at radius 2 is 1.72 bits per heavy atom. The average Bonchev–Trinajstić information content (AvgIpc) is 2.75. The molecule has 0 saturated carbocycles. The van der Waals surface area contributed by atoms with Crippen molar-refractivity contribution < 1.29 is 14.8 Å². The average molecular weight is 387 g/mol. The minimum atomic E-state index is -1.00. The first-order valence-corrected chi connectivity index (χ1v) is 8.78. The number of carbonyl (C=O) groups is 1. The van der Waals surface area contributed by atoms with Gasteiger partial charge in [0.2, 0.25) is 0 Å². The summed E-state index contributed by atoms with van der Waals surface area (Å²) in [5, 5.41) is 32.9. The molecule has 0 amide bonds. The summed E-state index contributed by atoms with van der Waals surface area (Å²) >= 11 is 0. The SMILES string of the molecule is N#Cc1ccc(C(NCc2ccc(C(=O)O)cc2)c2ccccc2[N+](=O)[O-])cc1. The molecule has 3 aromatic carbocycles. The predicted octanol–water partition coefficient (Wildman–Crippen LogP) is 4.04. The van der Waals surface area contributed by atoms with E-state index < -0.39 is 16.9 Å². The van der Waals surface area contributed by atoms with E-state index in [9.17, 15) is 14.9 Å². The Hall–Kier alpha value is -4.02. The minimum Gasteiger partial charge on any atom is -0.478 e. The number of rotatable bonds is 7. The lowest BCUT2D eigenvalue weighted by Gasteiger charge is -2.20. The molecule has 1 atom stereocenters. The molecular formula is C22H17N3O4. The van der Waals surface area contributed by atoms with Gasteiger partial charge < -0.3 is 10.4 Å². The monoisotopic (exact) mass is 387 g/mol. The normalized spacial score (nSPS) is 11.4. The smallest absolute Gasteiger partial charge is 0.335 e. The zero-order valence-corrected chi connectivity index (χ0v) is 15.3. The number of hydrogen-bond donors (Lipinski definition) is 2. The molecule has 0 radical (unpaired) electrons. The topological polar surface area (TPSA) is 116 Å². The van der Waals surface area contributed by atoms with Gasteiger partial charge in [-0.25, -0.2) is 4.79 Å². The van der Waals surface area contributed by atoms with E-state index in [0.29, 0.717) is 17.7 Å². The van der Waals surface area contributed by atoms with Crippen molar-refractivity contribution in [1.82, 2.24) is 5.32 Å². The molecule has 3 aromatic rings. The second kappa shape index (κ2) is 8.78. The fourth-order valence-corrected chi connectivity index (χ4v) is 3.04. The van der Waals surface area contributed by atoms with Gasteiger partial charge in [0.05, 0.1) is 33.7 Å². The number of carboxylic acids is 1. The minimum absolute atomic E-state index is 0.00409. The third kappa shape index (κ3) is 4.64. The molecule has 144 valence electrons. The van der Waals surface area contributed by atoms with Crippen molar-refractivity contribution in [2.45, 2.75) is 12.6 Å². The highest BCUT2D eigenvalue weighted by atomic mass is 16.6. The Balaban J connectivity index is 1.93. The zero-order chi connectivity index (χ0) is 20.8. The Bertz CT molecular complexity index is 1070. The summed E-state index contributed by atoms with van der Waals surface area (Å²) in [5.41, 5.74) is 2.81. The van der Waals surface area contributed by atoms with Gasteiger partial charge in [-0.15, -0.1) is 0 Å². The second-order valence-electron chi connectivity index (χ2n) is 6.37. The molecule has 0 saturated heterocycles. The first-order chi connectivity index (χ1) is 14.0. The van der Waals surface area contributed by atoms with E-state index in [4.69, 9.17) is 10.4 Å². The molecule has 2 N–H and O–H groups in total. The van der Waals surface area contributed by atoms with Crippen molar-refractivity contribution in [3.63, 3.8) is 0 Å². The lowest BCUT2D eigenvalue weighted by Crippen LogP contribution is -2.23. The van der Waals surface area contributed by atoms with E-state index in [1.807, 2.05) is 0 Å². The van der Waals surface area contributed by atoms with Crippen LogP contribution in [0, 0.1) is 21.4 Å². The van der Waals surface area contributed by atoms with Crippen LogP contribution < -0.4 is 5.32 Å². The molecule has 1 unspecified atom stereocenters. The molecule has 0 aliphatic heterocycles. The number of hydrogen-bond acceptors (Lipinski definition) is 5. The van der Waals surface area contributed by atoms with Crippen molar-refractivity contribution >= 4 is 11.7 Å². The van der Waals surface area contributed by atoms with Crippen LogP contribution in [0.3, 0.4) is 0 Å². The first-order valence-electron chi connectivity index (χ1n) is 8.78. The van der Waals surface area contributed by atoms with Gasteiger partial charge >= 0.3 is 5.97 Å². The van der Waals surface area contributed by atoms with E-state index in [1.165, 1.54) is 18.2 Å². The van der Waals surface area contributed by atoms with Crippen LogP contribution >= 0.6 is 0 Å². The van der Waals surface area contributed by atoms with Crippen molar-refractivity contribution in [1.29, 1.82) is 5.26 Å². The fourth-order valence-electron chi connectivity index (χ4n) is 3.04. The maximum absolute atomic E-state index is 11.5. The molecule has 0 aliphatic rings. The number of nitrogens with zero attached hydrogens (tertiary/aromatic N) is 2. The lowest BCUT2D eigenvalue weighted by molar-refractivity contribution is -0.385. The van der Waals surface area contributed by atoms with Crippen LogP contribution in [-0.4, -0.2) is 16.0 Å². The van der Waals surface area contributed by atoms with E-state index in [2.05, 4.69) is 11.4 Å². The number of nitrogens with one attached hydrogen (secondary N) is 1. The van der Waals surface area contributed by atoms with Gasteiger partial charge in [0, 0.05) is 12.6 Å². The molecule has 0 bridgehead atoms. The van der Waals surface area contributed by atoms with E-state index in [0.717, 1.165) is 11.1 Å². The highest BCUT2D eigenvalue weighted by Gasteiger charge is 2.23. The van der Waals surface area contributed by atoms with Gasteiger partial charge in [0.25, 0.3) is 5.69 Å². The van der Waals surface area contributed by atoms with Gasteiger partial charge in [-0.3, -0.25) is 10.1 Å². The third-order valence-electron chi connectivity index (χ3n) is 4.53. The van der Waals surface area contributed by atoms with Crippen molar-refractivity contribution in [3.8, 4) is 6.07 Å². The van der Waals surface area contributed by atoms with Crippen molar-refractivity contribution in [2.24, 2.45) is 0 Å². The van der Waals surface area contributed by atoms with Crippen molar-refractivity contribution in [2.75, 3.05) is 0 Å². The molecule has 3 rings (SSSR count). The van der Waals surface area contributed by atoms with Crippen molar-refractivity contribution in [3.05, 3.63) is 111 Å². The molecule has 29 heavy (non-hydrogen) atoms. The third-order valence-corrected chi connectivity index (χ3v) is 4.53. The van der Waals surface area contributed by atoms with Crippen LogP contribution in [0.2, 0.25) is 0 Å². The number of nitro benzene ring substituents is 1. The Labute approximate surface area is 167 Å². The highest BCUT2D eigenvalue weighted by molar-refractivity contribution is 5.87. The van der Waals surface area contributed by atoms with Gasteiger partial charge in [0.1, 0.15) is 0 Å². The van der Waals surface area contributed by atoms with Gasteiger partial charge in [-0.1, -0.05) is 42.5 Å². The maximum Gasteiger partial charge on any atom is 0.335 e. The number of para-hydroxylation sites is 1. The Morgan fingerprint density at radius 1 is 1.07 bits per heavy atom. The van der Waals surface area contributed by atoms with Crippen LogP contribution in [0.1, 0.15) is 38.7 Å². The van der Waals surface area contributed by atoms with E-state index in [-0.39, 0.29) is 11.3 Å². The molecule has 0 fully saturated rings. The summed E-state index contributed by atoms with van der Waals surface area (Å²) in [7, 11) is 0.